The van der Waals surface area contributed by atoms with Gasteiger partial charge in [0.1, 0.15) is 17.2 Å². The Morgan fingerprint density at radius 2 is 1.96 bits per heavy atom. The summed E-state index contributed by atoms with van der Waals surface area (Å²) in [6.45, 7) is 0. The number of hydrogen-bond acceptors (Lipinski definition) is 4. The van der Waals surface area contributed by atoms with Crippen LogP contribution in [-0.4, -0.2) is 35.9 Å². The Hall–Kier alpha value is -2.99. The van der Waals surface area contributed by atoms with Crippen molar-refractivity contribution in [2.75, 3.05) is 14.2 Å². The number of ether oxygens (including phenoxy) is 2. The highest BCUT2D eigenvalue weighted by molar-refractivity contribution is 6.30. The van der Waals surface area contributed by atoms with E-state index >= 15 is 0 Å². The number of halogens is 1. The molecule has 1 aromatic heterocycles. The van der Waals surface area contributed by atoms with Gasteiger partial charge in [0.15, 0.2) is 0 Å². The van der Waals surface area contributed by atoms with E-state index in [4.69, 9.17) is 21.1 Å². The molecule has 144 valence electrons. The predicted octanol–water partition coefficient (Wildman–Crippen LogP) is 4.10. The molecule has 3 aromatic rings. The highest BCUT2D eigenvalue weighted by atomic mass is 35.5. The molecule has 2 aromatic carbocycles. The topological polar surface area (TPSA) is 65.4 Å². The minimum atomic E-state index is -0.159. The van der Waals surface area contributed by atoms with Crippen molar-refractivity contribution in [3.8, 4) is 28.4 Å². The summed E-state index contributed by atoms with van der Waals surface area (Å²) >= 11 is 6.15. The quantitative estimate of drug-likeness (QED) is 0.680. The van der Waals surface area contributed by atoms with Crippen molar-refractivity contribution in [1.82, 2.24) is 15.1 Å². The van der Waals surface area contributed by atoms with Gasteiger partial charge >= 0.3 is 0 Å². The van der Waals surface area contributed by atoms with Gasteiger partial charge in [0.05, 0.1) is 25.6 Å². The van der Waals surface area contributed by atoms with Crippen LogP contribution in [0.4, 0.5) is 0 Å². The van der Waals surface area contributed by atoms with Crippen LogP contribution < -0.4 is 14.8 Å². The van der Waals surface area contributed by atoms with Gasteiger partial charge in [-0.3, -0.25) is 4.79 Å². The number of amides is 1. The van der Waals surface area contributed by atoms with Crippen molar-refractivity contribution in [2.45, 2.75) is 18.9 Å². The Balaban J connectivity index is 1.82. The van der Waals surface area contributed by atoms with Crippen LogP contribution in [0, 0.1) is 0 Å². The zero-order valence-corrected chi connectivity index (χ0v) is 16.4. The van der Waals surface area contributed by atoms with Crippen molar-refractivity contribution >= 4 is 17.5 Å². The van der Waals surface area contributed by atoms with Crippen molar-refractivity contribution in [3.05, 3.63) is 59.2 Å². The Morgan fingerprint density at radius 1 is 1.14 bits per heavy atom. The molecule has 0 unspecified atom stereocenters. The fourth-order valence-corrected chi connectivity index (χ4v) is 3.16. The van der Waals surface area contributed by atoms with Gasteiger partial charge in [-0.05, 0) is 49.2 Å². The third-order valence-corrected chi connectivity index (χ3v) is 4.83. The van der Waals surface area contributed by atoms with Gasteiger partial charge in [0.2, 0.25) is 0 Å². The Morgan fingerprint density at radius 3 is 2.64 bits per heavy atom. The third kappa shape index (κ3) is 3.68. The van der Waals surface area contributed by atoms with Gasteiger partial charge in [0.25, 0.3) is 5.91 Å². The summed E-state index contributed by atoms with van der Waals surface area (Å²) < 4.78 is 12.4. The van der Waals surface area contributed by atoms with E-state index in [1.807, 2.05) is 24.3 Å². The fourth-order valence-electron chi connectivity index (χ4n) is 2.98. The van der Waals surface area contributed by atoms with Crippen LogP contribution in [0.1, 0.15) is 23.3 Å². The SMILES string of the molecule is COc1ccc(-c2cc(C(=O)NC3CC3)n(-c3cccc(Cl)c3)n2)c(OC)c1. The first-order valence-corrected chi connectivity index (χ1v) is 9.36. The number of carbonyl (C=O) groups is 1. The van der Waals surface area contributed by atoms with E-state index in [0.717, 1.165) is 18.4 Å². The summed E-state index contributed by atoms with van der Waals surface area (Å²) in [5.74, 6) is 1.14. The average molecular weight is 398 g/mol. The van der Waals surface area contributed by atoms with E-state index in [0.29, 0.717) is 33.6 Å². The normalized spacial score (nSPS) is 13.2. The van der Waals surface area contributed by atoms with Gasteiger partial charge in [-0.15, -0.1) is 0 Å². The number of carbonyl (C=O) groups excluding carboxylic acids is 1. The van der Waals surface area contributed by atoms with Crippen molar-refractivity contribution in [1.29, 1.82) is 0 Å². The molecule has 7 heteroatoms. The lowest BCUT2D eigenvalue weighted by atomic mass is 10.1. The van der Waals surface area contributed by atoms with Crippen molar-refractivity contribution < 1.29 is 14.3 Å². The molecule has 0 radical (unpaired) electrons. The molecule has 4 rings (SSSR count). The summed E-state index contributed by atoms with van der Waals surface area (Å²) in [5.41, 5.74) is 2.55. The summed E-state index contributed by atoms with van der Waals surface area (Å²) in [6.07, 6.45) is 2.02. The molecule has 1 amide bonds. The Bertz CT molecular complexity index is 1030. The van der Waals surface area contributed by atoms with E-state index in [2.05, 4.69) is 10.4 Å². The first kappa shape index (κ1) is 18.4. The standard InChI is InChI=1S/C21H20ClN3O3/c1-27-16-8-9-17(20(11-16)28-2)18-12-19(21(26)23-14-6-7-14)25(24-18)15-5-3-4-13(22)10-15/h3-5,8-12,14H,6-7H2,1-2H3,(H,23,26). The molecule has 28 heavy (non-hydrogen) atoms. The summed E-state index contributed by atoms with van der Waals surface area (Å²) in [4.78, 5) is 12.8. The summed E-state index contributed by atoms with van der Waals surface area (Å²) in [7, 11) is 3.19. The van der Waals surface area contributed by atoms with E-state index in [-0.39, 0.29) is 11.9 Å². The number of rotatable bonds is 6. The number of aromatic nitrogens is 2. The number of hydrogen-bond donors (Lipinski definition) is 1. The van der Waals surface area contributed by atoms with Gasteiger partial charge < -0.3 is 14.8 Å². The molecular formula is C21H20ClN3O3. The molecule has 0 bridgehead atoms. The minimum absolute atomic E-state index is 0.159. The lowest BCUT2D eigenvalue weighted by Crippen LogP contribution is -2.27. The minimum Gasteiger partial charge on any atom is -0.497 e. The van der Waals surface area contributed by atoms with Crippen LogP contribution in [0.25, 0.3) is 16.9 Å². The van der Waals surface area contributed by atoms with Gasteiger partial charge in [-0.25, -0.2) is 4.68 Å². The molecule has 0 saturated heterocycles. The molecule has 1 fully saturated rings. The first-order chi connectivity index (χ1) is 13.6. The van der Waals surface area contributed by atoms with Crippen molar-refractivity contribution in [3.63, 3.8) is 0 Å². The maximum Gasteiger partial charge on any atom is 0.270 e. The lowest BCUT2D eigenvalue weighted by Gasteiger charge is -2.09. The van der Waals surface area contributed by atoms with Gasteiger partial charge in [-0.2, -0.15) is 5.10 Å². The second-order valence-electron chi connectivity index (χ2n) is 6.62. The van der Waals surface area contributed by atoms with Crippen LogP contribution in [0.15, 0.2) is 48.5 Å². The monoisotopic (exact) mass is 397 g/mol. The molecule has 0 spiro atoms. The summed E-state index contributed by atoms with van der Waals surface area (Å²) in [6, 6.07) is 14.8. The Kier molecular flexibility index (Phi) is 4.96. The predicted molar refractivity (Wildman–Crippen MR) is 108 cm³/mol. The van der Waals surface area contributed by atoms with Crippen LogP contribution in [0.5, 0.6) is 11.5 Å². The molecule has 1 N–H and O–H groups in total. The zero-order valence-electron chi connectivity index (χ0n) is 15.6. The molecule has 6 nitrogen and oxygen atoms in total. The van der Waals surface area contributed by atoms with E-state index in [1.54, 1.807) is 43.2 Å². The molecule has 0 aliphatic heterocycles. The maximum atomic E-state index is 12.8. The molecule has 1 aliphatic carbocycles. The van der Waals surface area contributed by atoms with E-state index in [1.165, 1.54) is 0 Å². The first-order valence-electron chi connectivity index (χ1n) is 8.98. The third-order valence-electron chi connectivity index (χ3n) is 4.59. The van der Waals surface area contributed by atoms with Crippen molar-refractivity contribution in [2.24, 2.45) is 0 Å². The maximum absolute atomic E-state index is 12.8. The smallest absolute Gasteiger partial charge is 0.270 e. The second-order valence-corrected chi connectivity index (χ2v) is 7.06. The van der Waals surface area contributed by atoms with Crippen LogP contribution in [0.3, 0.4) is 0 Å². The lowest BCUT2D eigenvalue weighted by molar-refractivity contribution is 0.0943. The number of methoxy groups -OCH3 is 2. The van der Waals surface area contributed by atoms with Crippen LogP contribution in [0.2, 0.25) is 5.02 Å². The second kappa shape index (κ2) is 7.56. The fraction of sp³-hybridized carbons (Fsp3) is 0.238. The molecule has 0 atom stereocenters. The highest BCUT2D eigenvalue weighted by Gasteiger charge is 2.27. The van der Waals surface area contributed by atoms with E-state index < -0.39 is 0 Å². The van der Waals surface area contributed by atoms with Gasteiger partial charge in [0, 0.05) is 22.7 Å². The number of nitrogens with one attached hydrogen (secondary N) is 1. The van der Waals surface area contributed by atoms with Crippen LogP contribution >= 0.6 is 11.6 Å². The molecular weight excluding hydrogens is 378 g/mol. The Labute approximate surface area is 168 Å². The average Bonchev–Trinajstić information content (AvgIpc) is 3.41. The van der Waals surface area contributed by atoms with E-state index in [9.17, 15) is 4.79 Å². The highest BCUT2D eigenvalue weighted by Crippen LogP contribution is 2.34. The zero-order chi connectivity index (χ0) is 19.7. The molecule has 1 saturated carbocycles. The van der Waals surface area contributed by atoms with Gasteiger partial charge in [-0.1, -0.05) is 17.7 Å². The molecule has 1 aliphatic rings. The molecule has 1 heterocycles. The largest absolute Gasteiger partial charge is 0.497 e. The van der Waals surface area contributed by atoms with Crippen LogP contribution in [-0.2, 0) is 0 Å². The number of nitrogens with zero attached hydrogens (tertiary/aromatic N) is 2. The summed E-state index contributed by atoms with van der Waals surface area (Å²) in [5, 5.41) is 8.28. The number of benzene rings is 2.